The van der Waals surface area contributed by atoms with Crippen molar-refractivity contribution in [3.63, 3.8) is 0 Å². The summed E-state index contributed by atoms with van der Waals surface area (Å²) in [6.07, 6.45) is 5.93. The van der Waals surface area contributed by atoms with Crippen molar-refractivity contribution in [2.75, 3.05) is 43.1 Å². The van der Waals surface area contributed by atoms with Crippen LogP contribution in [0.4, 0.5) is 11.9 Å². The molecular formula is C14H21N5O2. The van der Waals surface area contributed by atoms with Gasteiger partial charge in [-0.2, -0.15) is 15.0 Å². The molecule has 1 atom stereocenters. The molecule has 1 aliphatic heterocycles. The van der Waals surface area contributed by atoms with Crippen LogP contribution in [0.25, 0.3) is 0 Å². The molecule has 1 saturated heterocycles. The second-order valence-electron chi connectivity index (χ2n) is 4.69. The number of aromatic nitrogens is 3. The van der Waals surface area contributed by atoms with Crippen molar-refractivity contribution in [3.05, 3.63) is 0 Å². The normalized spacial score (nSPS) is 16.1. The van der Waals surface area contributed by atoms with E-state index >= 15 is 0 Å². The summed E-state index contributed by atoms with van der Waals surface area (Å²) in [7, 11) is 0. The number of rotatable bonds is 6. The molecule has 1 aliphatic rings. The lowest BCUT2D eigenvalue weighted by molar-refractivity contribution is 0.122. The molecule has 21 heavy (non-hydrogen) atoms. The SMILES string of the molecule is C#CC(C)Oc1nc(NCCC)nc(N2CCOCC2)n1. The molecule has 0 bridgehead atoms. The molecule has 7 heteroatoms. The van der Waals surface area contributed by atoms with Gasteiger partial charge in [-0.1, -0.05) is 12.8 Å². The third-order valence-electron chi connectivity index (χ3n) is 2.95. The van der Waals surface area contributed by atoms with Gasteiger partial charge >= 0.3 is 6.01 Å². The lowest BCUT2D eigenvalue weighted by atomic mass is 10.4. The minimum atomic E-state index is -0.385. The van der Waals surface area contributed by atoms with Gasteiger partial charge in [0.25, 0.3) is 0 Å². The Kier molecular flexibility index (Phi) is 5.58. The Morgan fingerprint density at radius 3 is 2.81 bits per heavy atom. The van der Waals surface area contributed by atoms with E-state index in [1.165, 1.54) is 0 Å². The number of hydrogen-bond acceptors (Lipinski definition) is 7. The van der Waals surface area contributed by atoms with Gasteiger partial charge in [-0.05, 0) is 13.3 Å². The number of morpholine rings is 1. The average Bonchev–Trinajstić information content (AvgIpc) is 2.53. The van der Waals surface area contributed by atoms with Crippen LogP contribution in [-0.2, 0) is 4.74 Å². The van der Waals surface area contributed by atoms with E-state index in [9.17, 15) is 0 Å². The zero-order valence-corrected chi connectivity index (χ0v) is 12.5. The molecule has 0 amide bonds. The lowest BCUT2D eigenvalue weighted by Crippen LogP contribution is -2.37. The molecule has 114 valence electrons. The van der Waals surface area contributed by atoms with Crippen molar-refractivity contribution < 1.29 is 9.47 Å². The summed E-state index contributed by atoms with van der Waals surface area (Å²) in [4.78, 5) is 15.1. The molecule has 2 heterocycles. The van der Waals surface area contributed by atoms with Crippen molar-refractivity contribution in [3.8, 4) is 18.4 Å². The van der Waals surface area contributed by atoms with Crippen LogP contribution >= 0.6 is 0 Å². The van der Waals surface area contributed by atoms with Gasteiger partial charge in [0.05, 0.1) is 13.2 Å². The van der Waals surface area contributed by atoms with E-state index in [4.69, 9.17) is 15.9 Å². The van der Waals surface area contributed by atoms with Gasteiger partial charge in [0.1, 0.15) is 0 Å². The first-order chi connectivity index (χ1) is 10.2. The minimum Gasteiger partial charge on any atom is -0.447 e. The van der Waals surface area contributed by atoms with Crippen molar-refractivity contribution in [1.82, 2.24) is 15.0 Å². The van der Waals surface area contributed by atoms with E-state index in [2.05, 4.69) is 38.0 Å². The first-order valence-electron chi connectivity index (χ1n) is 7.18. The molecule has 2 rings (SSSR count). The molecule has 1 unspecified atom stereocenters. The van der Waals surface area contributed by atoms with E-state index in [0.29, 0.717) is 25.1 Å². The highest BCUT2D eigenvalue weighted by atomic mass is 16.5. The van der Waals surface area contributed by atoms with E-state index in [1.807, 2.05) is 0 Å². The van der Waals surface area contributed by atoms with Crippen LogP contribution in [0.5, 0.6) is 6.01 Å². The maximum absolute atomic E-state index is 5.52. The highest BCUT2D eigenvalue weighted by molar-refractivity contribution is 5.38. The summed E-state index contributed by atoms with van der Waals surface area (Å²) in [5, 5.41) is 3.15. The van der Waals surface area contributed by atoms with Gasteiger partial charge in [0.2, 0.25) is 11.9 Å². The van der Waals surface area contributed by atoms with Crippen LogP contribution in [0.3, 0.4) is 0 Å². The Hall–Kier alpha value is -2.07. The van der Waals surface area contributed by atoms with E-state index in [-0.39, 0.29) is 12.1 Å². The fraction of sp³-hybridized carbons (Fsp3) is 0.643. The van der Waals surface area contributed by atoms with Crippen molar-refractivity contribution in [2.24, 2.45) is 0 Å². The van der Waals surface area contributed by atoms with Crippen LogP contribution in [0, 0.1) is 12.3 Å². The maximum Gasteiger partial charge on any atom is 0.324 e. The van der Waals surface area contributed by atoms with Crippen molar-refractivity contribution in [1.29, 1.82) is 0 Å². The van der Waals surface area contributed by atoms with Crippen LogP contribution in [0.2, 0.25) is 0 Å². The highest BCUT2D eigenvalue weighted by Crippen LogP contribution is 2.17. The Morgan fingerprint density at radius 2 is 2.14 bits per heavy atom. The zero-order chi connectivity index (χ0) is 15.1. The fourth-order valence-corrected chi connectivity index (χ4v) is 1.81. The third-order valence-corrected chi connectivity index (χ3v) is 2.95. The largest absolute Gasteiger partial charge is 0.447 e. The van der Waals surface area contributed by atoms with E-state index in [0.717, 1.165) is 26.1 Å². The summed E-state index contributed by atoms with van der Waals surface area (Å²) in [5.74, 6) is 3.59. The summed E-state index contributed by atoms with van der Waals surface area (Å²) in [6.45, 7) is 7.48. The van der Waals surface area contributed by atoms with Gasteiger partial charge in [-0.25, -0.2) is 0 Å². The van der Waals surface area contributed by atoms with Gasteiger partial charge in [-0.3, -0.25) is 0 Å². The molecule has 7 nitrogen and oxygen atoms in total. The molecule has 1 aromatic rings. The Bertz CT molecular complexity index is 497. The molecule has 0 aliphatic carbocycles. The summed E-state index contributed by atoms with van der Waals surface area (Å²) in [6, 6.07) is 0.246. The summed E-state index contributed by atoms with van der Waals surface area (Å²) >= 11 is 0. The molecule has 1 aromatic heterocycles. The predicted molar refractivity (Wildman–Crippen MR) is 80.6 cm³/mol. The fourth-order valence-electron chi connectivity index (χ4n) is 1.81. The topological polar surface area (TPSA) is 72.4 Å². The van der Waals surface area contributed by atoms with Crippen LogP contribution in [0.15, 0.2) is 0 Å². The average molecular weight is 291 g/mol. The number of terminal acetylenes is 1. The predicted octanol–water partition coefficient (Wildman–Crippen LogP) is 0.931. The quantitative estimate of drug-likeness (QED) is 0.782. The van der Waals surface area contributed by atoms with Crippen LogP contribution in [0.1, 0.15) is 20.3 Å². The number of nitrogens with one attached hydrogen (secondary N) is 1. The van der Waals surface area contributed by atoms with Gasteiger partial charge in [0.15, 0.2) is 6.10 Å². The van der Waals surface area contributed by atoms with Crippen molar-refractivity contribution >= 4 is 11.9 Å². The van der Waals surface area contributed by atoms with E-state index < -0.39 is 0 Å². The molecule has 0 saturated carbocycles. The third kappa shape index (κ3) is 4.46. The molecular weight excluding hydrogens is 270 g/mol. The molecule has 0 spiro atoms. The van der Waals surface area contributed by atoms with Gasteiger partial charge in [-0.15, -0.1) is 6.42 Å². The number of hydrogen-bond donors (Lipinski definition) is 1. The Labute approximate surface area is 125 Å². The summed E-state index contributed by atoms with van der Waals surface area (Å²) in [5.41, 5.74) is 0. The monoisotopic (exact) mass is 291 g/mol. The number of nitrogens with zero attached hydrogens (tertiary/aromatic N) is 4. The second-order valence-corrected chi connectivity index (χ2v) is 4.69. The number of ether oxygens (including phenoxy) is 2. The maximum atomic E-state index is 5.52. The Balaban J connectivity index is 2.20. The highest BCUT2D eigenvalue weighted by Gasteiger charge is 2.17. The van der Waals surface area contributed by atoms with Gasteiger partial charge in [0, 0.05) is 19.6 Å². The molecule has 0 radical (unpaired) electrons. The van der Waals surface area contributed by atoms with Gasteiger partial charge < -0.3 is 19.7 Å². The first kappa shape index (κ1) is 15.3. The molecule has 1 fully saturated rings. The Morgan fingerprint density at radius 1 is 1.38 bits per heavy atom. The lowest BCUT2D eigenvalue weighted by Gasteiger charge is -2.27. The van der Waals surface area contributed by atoms with E-state index in [1.54, 1.807) is 6.92 Å². The zero-order valence-electron chi connectivity index (χ0n) is 12.5. The number of anilines is 2. The standard InChI is InChI=1S/C14H21N5O2/c1-4-6-15-12-16-13(19-7-9-20-10-8-19)18-14(17-12)21-11(3)5-2/h2,11H,4,6-10H2,1,3H3,(H,15,16,17,18). The smallest absolute Gasteiger partial charge is 0.324 e. The minimum absolute atomic E-state index is 0.246. The second kappa shape index (κ2) is 7.64. The van der Waals surface area contributed by atoms with Crippen molar-refractivity contribution in [2.45, 2.75) is 26.4 Å². The summed E-state index contributed by atoms with van der Waals surface area (Å²) < 4.78 is 10.9. The molecule has 0 aromatic carbocycles. The molecule has 1 N–H and O–H groups in total. The van der Waals surface area contributed by atoms with Crippen LogP contribution in [-0.4, -0.2) is 53.9 Å². The van der Waals surface area contributed by atoms with Crippen LogP contribution < -0.4 is 15.0 Å². The first-order valence-corrected chi connectivity index (χ1v) is 7.18.